The van der Waals surface area contributed by atoms with Gasteiger partial charge in [0.1, 0.15) is 5.82 Å². The van der Waals surface area contributed by atoms with Gasteiger partial charge >= 0.3 is 0 Å². The average Bonchev–Trinajstić information content (AvgIpc) is 2.95. The van der Waals surface area contributed by atoms with Crippen LogP contribution < -0.4 is 5.32 Å². The molecule has 0 saturated carbocycles. The number of hydrogen-bond acceptors (Lipinski definition) is 3. The van der Waals surface area contributed by atoms with Gasteiger partial charge in [0, 0.05) is 12.1 Å². The van der Waals surface area contributed by atoms with Crippen LogP contribution in [0.15, 0.2) is 54.6 Å². The van der Waals surface area contributed by atoms with E-state index in [1.54, 1.807) is 0 Å². The maximum atomic E-state index is 12.0. The molecule has 0 radical (unpaired) electrons. The van der Waals surface area contributed by atoms with Crippen LogP contribution in [-0.4, -0.2) is 21.1 Å². The van der Waals surface area contributed by atoms with Crippen molar-refractivity contribution in [2.75, 3.05) is 5.32 Å². The highest BCUT2D eigenvalue weighted by atomic mass is 16.1. The van der Waals surface area contributed by atoms with Crippen LogP contribution in [0, 0.1) is 6.92 Å². The number of carbonyl (C=O) groups excluding carboxylic acids is 1. The maximum absolute atomic E-state index is 12.0. The molecule has 2 aromatic carbocycles. The Morgan fingerprint density at radius 3 is 2.74 bits per heavy atom. The van der Waals surface area contributed by atoms with Crippen LogP contribution in [0.2, 0.25) is 0 Å². The molecule has 0 spiro atoms. The number of amides is 1. The predicted octanol–water partition coefficient (Wildman–Crippen LogP) is 2.89. The van der Waals surface area contributed by atoms with Gasteiger partial charge in [0.25, 0.3) is 0 Å². The van der Waals surface area contributed by atoms with E-state index >= 15 is 0 Å². The van der Waals surface area contributed by atoms with Gasteiger partial charge in [-0.1, -0.05) is 48.0 Å². The largest absolute Gasteiger partial charge is 0.326 e. The predicted molar refractivity (Wildman–Crippen MR) is 89.1 cm³/mol. The van der Waals surface area contributed by atoms with E-state index in [-0.39, 0.29) is 12.3 Å². The lowest BCUT2D eigenvalue weighted by Crippen LogP contribution is -2.15. The van der Waals surface area contributed by atoms with Gasteiger partial charge in [-0.3, -0.25) is 9.89 Å². The third-order valence-electron chi connectivity index (χ3n) is 3.41. The summed E-state index contributed by atoms with van der Waals surface area (Å²) in [4.78, 5) is 16.4. The van der Waals surface area contributed by atoms with E-state index in [1.165, 1.54) is 11.1 Å². The normalized spacial score (nSPS) is 10.5. The van der Waals surface area contributed by atoms with Gasteiger partial charge in [0.05, 0.1) is 6.42 Å². The number of H-pyrrole nitrogens is 1. The zero-order valence-electron chi connectivity index (χ0n) is 12.9. The monoisotopic (exact) mass is 306 g/mol. The molecule has 0 bridgehead atoms. The van der Waals surface area contributed by atoms with E-state index in [0.29, 0.717) is 12.2 Å². The number of anilines is 1. The molecule has 0 atom stereocenters. The van der Waals surface area contributed by atoms with E-state index in [0.717, 1.165) is 11.5 Å². The summed E-state index contributed by atoms with van der Waals surface area (Å²) < 4.78 is 0. The number of aromatic nitrogens is 3. The van der Waals surface area contributed by atoms with Crippen LogP contribution in [0.1, 0.15) is 22.8 Å². The van der Waals surface area contributed by atoms with Gasteiger partial charge in [-0.2, -0.15) is 5.10 Å². The summed E-state index contributed by atoms with van der Waals surface area (Å²) in [5, 5.41) is 9.85. The van der Waals surface area contributed by atoms with Gasteiger partial charge in [-0.25, -0.2) is 4.98 Å². The first-order chi connectivity index (χ1) is 11.2. The van der Waals surface area contributed by atoms with Crippen molar-refractivity contribution in [1.82, 2.24) is 15.2 Å². The molecule has 0 saturated heterocycles. The van der Waals surface area contributed by atoms with Crippen molar-refractivity contribution in [2.45, 2.75) is 19.8 Å². The molecule has 0 fully saturated rings. The highest BCUT2D eigenvalue weighted by Gasteiger charge is 2.09. The third-order valence-corrected chi connectivity index (χ3v) is 3.41. The fourth-order valence-electron chi connectivity index (χ4n) is 2.38. The molecule has 5 heteroatoms. The zero-order chi connectivity index (χ0) is 16.1. The molecule has 3 aromatic rings. The lowest BCUT2D eigenvalue weighted by molar-refractivity contribution is -0.115. The topological polar surface area (TPSA) is 70.7 Å². The number of aryl methyl sites for hydroxylation is 1. The minimum absolute atomic E-state index is 0.127. The zero-order valence-corrected chi connectivity index (χ0v) is 12.9. The summed E-state index contributed by atoms with van der Waals surface area (Å²) >= 11 is 0. The quantitative estimate of drug-likeness (QED) is 0.761. The average molecular weight is 306 g/mol. The summed E-state index contributed by atoms with van der Waals surface area (Å²) in [5.41, 5.74) is 3.15. The number of para-hydroxylation sites is 1. The summed E-state index contributed by atoms with van der Waals surface area (Å²) in [6.45, 7) is 2.06. The summed E-state index contributed by atoms with van der Waals surface area (Å²) in [6, 6.07) is 17.6. The molecular weight excluding hydrogens is 288 g/mol. The summed E-state index contributed by atoms with van der Waals surface area (Å²) in [6.07, 6.45) is 0.828. The molecule has 1 aromatic heterocycles. The van der Waals surface area contributed by atoms with E-state index in [4.69, 9.17) is 0 Å². The van der Waals surface area contributed by atoms with Crippen LogP contribution in [-0.2, 0) is 17.6 Å². The van der Waals surface area contributed by atoms with Gasteiger partial charge < -0.3 is 5.32 Å². The standard InChI is InChI=1S/C18H18N4O/c1-13-6-5-7-14(10-13)11-16-20-17(22-21-16)12-18(23)19-15-8-3-2-4-9-15/h2-10H,11-12H2,1H3,(H,19,23)(H,20,21,22). The second-order valence-electron chi connectivity index (χ2n) is 5.46. The van der Waals surface area contributed by atoms with E-state index in [2.05, 4.69) is 45.6 Å². The van der Waals surface area contributed by atoms with Crippen LogP contribution >= 0.6 is 0 Å². The molecule has 0 unspecified atom stereocenters. The van der Waals surface area contributed by atoms with Crippen LogP contribution in [0.25, 0.3) is 0 Å². The molecule has 5 nitrogen and oxygen atoms in total. The number of aromatic amines is 1. The Bertz CT molecular complexity index is 796. The highest BCUT2D eigenvalue weighted by Crippen LogP contribution is 2.09. The molecule has 2 N–H and O–H groups in total. The SMILES string of the molecule is Cc1cccc(Cc2nc(CC(=O)Nc3ccccc3)n[nH]2)c1. The van der Waals surface area contributed by atoms with Gasteiger partial charge in [0.2, 0.25) is 5.91 Å². The number of hydrogen-bond donors (Lipinski definition) is 2. The first-order valence-electron chi connectivity index (χ1n) is 7.49. The van der Waals surface area contributed by atoms with Crippen LogP contribution in [0.5, 0.6) is 0 Å². The Balaban J connectivity index is 1.60. The molecule has 1 heterocycles. The van der Waals surface area contributed by atoms with Crippen molar-refractivity contribution in [3.05, 3.63) is 77.4 Å². The van der Waals surface area contributed by atoms with Crippen molar-refractivity contribution in [3.63, 3.8) is 0 Å². The summed E-state index contributed by atoms with van der Waals surface area (Å²) in [5.74, 6) is 1.14. The fourth-order valence-corrected chi connectivity index (χ4v) is 2.38. The molecule has 3 rings (SSSR count). The number of nitrogens with zero attached hydrogens (tertiary/aromatic N) is 2. The van der Waals surface area contributed by atoms with Crippen LogP contribution in [0.4, 0.5) is 5.69 Å². The molecule has 23 heavy (non-hydrogen) atoms. The van der Waals surface area contributed by atoms with Crippen LogP contribution in [0.3, 0.4) is 0 Å². The maximum Gasteiger partial charge on any atom is 0.232 e. The fraction of sp³-hybridized carbons (Fsp3) is 0.167. The van der Waals surface area contributed by atoms with E-state index in [9.17, 15) is 4.79 Å². The highest BCUT2D eigenvalue weighted by molar-refractivity contribution is 5.91. The Labute approximate surface area is 134 Å². The first-order valence-corrected chi connectivity index (χ1v) is 7.49. The number of rotatable bonds is 5. The second kappa shape index (κ2) is 6.87. The number of nitrogens with one attached hydrogen (secondary N) is 2. The Kier molecular flexibility index (Phi) is 4.47. The Morgan fingerprint density at radius 2 is 1.96 bits per heavy atom. The lowest BCUT2D eigenvalue weighted by atomic mass is 10.1. The smallest absolute Gasteiger partial charge is 0.232 e. The minimum Gasteiger partial charge on any atom is -0.326 e. The van der Waals surface area contributed by atoms with Gasteiger partial charge in [-0.15, -0.1) is 0 Å². The van der Waals surface area contributed by atoms with E-state index < -0.39 is 0 Å². The number of benzene rings is 2. The second-order valence-corrected chi connectivity index (χ2v) is 5.46. The molecule has 0 aliphatic rings. The molecular formula is C18H18N4O. The Hall–Kier alpha value is -2.95. The minimum atomic E-state index is -0.127. The van der Waals surface area contributed by atoms with Gasteiger partial charge in [-0.05, 0) is 24.6 Å². The first kappa shape index (κ1) is 15.0. The van der Waals surface area contributed by atoms with Crippen molar-refractivity contribution in [1.29, 1.82) is 0 Å². The van der Waals surface area contributed by atoms with E-state index in [1.807, 2.05) is 36.4 Å². The molecule has 116 valence electrons. The third kappa shape index (κ3) is 4.26. The Morgan fingerprint density at radius 1 is 1.13 bits per heavy atom. The number of carbonyl (C=O) groups is 1. The lowest BCUT2D eigenvalue weighted by Gasteiger charge is -2.02. The molecule has 0 aliphatic carbocycles. The molecule has 1 amide bonds. The van der Waals surface area contributed by atoms with Crippen molar-refractivity contribution >= 4 is 11.6 Å². The van der Waals surface area contributed by atoms with Crippen molar-refractivity contribution < 1.29 is 4.79 Å². The van der Waals surface area contributed by atoms with Crippen molar-refractivity contribution in [3.8, 4) is 0 Å². The van der Waals surface area contributed by atoms with Crippen molar-refractivity contribution in [2.24, 2.45) is 0 Å². The van der Waals surface area contributed by atoms with Gasteiger partial charge in [0.15, 0.2) is 5.82 Å². The summed E-state index contributed by atoms with van der Waals surface area (Å²) in [7, 11) is 0. The molecule has 0 aliphatic heterocycles.